The molecule has 25 heavy (non-hydrogen) atoms. The van der Waals surface area contributed by atoms with Gasteiger partial charge in [0.1, 0.15) is 24.6 Å². The van der Waals surface area contributed by atoms with Crippen molar-refractivity contribution in [3.05, 3.63) is 12.7 Å². The van der Waals surface area contributed by atoms with Crippen molar-refractivity contribution in [3.63, 3.8) is 0 Å². The third kappa shape index (κ3) is 2.57. The normalized spacial score (nSPS) is 32.8. The van der Waals surface area contributed by atoms with Gasteiger partial charge in [-0.2, -0.15) is 0 Å². The molecule has 2 aliphatic rings. The highest BCUT2D eigenvalue weighted by molar-refractivity contribution is 5.83. The van der Waals surface area contributed by atoms with Crippen LogP contribution in [0.1, 0.15) is 19.1 Å². The van der Waals surface area contributed by atoms with Crippen molar-refractivity contribution in [1.29, 1.82) is 0 Å². The SMILES string of the molecule is OCC1OC(n2cnc3c(N4CCCC4CO)ncnc32)C(O)C1O. The minimum atomic E-state index is -1.20. The molecule has 0 saturated carbocycles. The summed E-state index contributed by atoms with van der Waals surface area (Å²) in [7, 11) is 0. The standard InChI is InChI=1S/C15H21N5O5/c21-4-8-2-1-3-19(8)13-10-14(17-6-16-13)20(7-18-10)15-12(24)11(23)9(5-22)25-15/h6-9,11-12,15,21-24H,1-5H2. The topological polar surface area (TPSA) is 137 Å². The molecule has 2 aliphatic heterocycles. The van der Waals surface area contributed by atoms with Crippen LogP contribution in [-0.4, -0.2) is 84.1 Å². The summed E-state index contributed by atoms with van der Waals surface area (Å²) < 4.78 is 7.09. The number of ether oxygens (including phenoxy) is 1. The zero-order valence-electron chi connectivity index (χ0n) is 13.5. The van der Waals surface area contributed by atoms with E-state index in [9.17, 15) is 20.4 Å². The highest BCUT2D eigenvalue weighted by atomic mass is 16.6. The van der Waals surface area contributed by atoms with Gasteiger partial charge in [0.15, 0.2) is 23.2 Å². The summed E-state index contributed by atoms with van der Waals surface area (Å²) in [6.45, 7) is 0.423. The first-order chi connectivity index (χ1) is 12.2. The van der Waals surface area contributed by atoms with E-state index in [4.69, 9.17) is 4.74 Å². The fraction of sp³-hybridized carbons (Fsp3) is 0.667. The Hall–Kier alpha value is -1.85. The number of aliphatic hydroxyl groups is 4. The number of aromatic nitrogens is 4. The fourth-order valence-electron chi connectivity index (χ4n) is 3.65. The number of hydrogen-bond donors (Lipinski definition) is 4. The van der Waals surface area contributed by atoms with Crippen LogP contribution >= 0.6 is 0 Å². The molecular weight excluding hydrogens is 330 g/mol. The molecule has 136 valence electrons. The maximum absolute atomic E-state index is 10.2. The molecule has 5 atom stereocenters. The average molecular weight is 351 g/mol. The van der Waals surface area contributed by atoms with Crippen molar-refractivity contribution in [1.82, 2.24) is 19.5 Å². The molecule has 10 heteroatoms. The Bertz CT molecular complexity index is 755. The number of imidazole rings is 1. The summed E-state index contributed by atoms with van der Waals surface area (Å²) in [5.41, 5.74) is 1.00. The molecule has 2 saturated heterocycles. The van der Waals surface area contributed by atoms with Gasteiger partial charge in [-0.3, -0.25) is 4.57 Å². The van der Waals surface area contributed by atoms with Crippen LogP contribution in [0.15, 0.2) is 12.7 Å². The van der Waals surface area contributed by atoms with Crippen LogP contribution in [-0.2, 0) is 4.74 Å². The van der Waals surface area contributed by atoms with Crippen molar-refractivity contribution in [3.8, 4) is 0 Å². The van der Waals surface area contributed by atoms with E-state index in [1.165, 1.54) is 17.2 Å². The third-order valence-corrected chi connectivity index (χ3v) is 4.99. The van der Waals surface area contributed by atoms with E-state index in [1.54, 1.807) is 0 Å². The molecule has 4 heterocycles. The molecule has 2 fully saturated rings. The van der Waals surface area contributed by atoms with Gasteiger partial charge in [-0.15, -0.1) is 0 Å². The third-order valence-electron chi connectivity index (χ3n) is 4.99. The number of fused-ring (bicyclic) bond motifs is 1. The molecule has 0 radical (unpaired) electrons. The Labute approximate surface area is 143 Å². The maximum Gasteiger partial charge on any atom is 0.167 e. The van der Waals surface area contributed by atoms with Gasteiger partial charge in [0.05, 0.1) is 25.6 Å². The van der Waals surface area contributed by atoms with Crippen molar-refractivity contribution in [2.24, 2.45) is 0 Å². The lowest BCUT2D eigenvalue weighted by atomic mass is 10.1. The first-order valence-corrected chi connectivity index (χ1v) is 8.33. The highest BCUT2D eigenvalue weighted by Gasteiger charge is 2.44. The molecule has 5 unspecified atom stereocenters. The smallest absolute Gasteiger partial charge is 0.167 e. The number of aliphatic hydroxyl groups excluding tert-OH is 4. The van der Waals surface area contributed by atoms with Crippen LogP contribution < -0.4 is 4.90 Å². The van der Waals surface area contributed by atoms with Crippen LogP contribution in [0.5, 0.6) is 0 Å². The van der Waals surface area contributed by atoms with Crippen molar-refractivity contribution >= 4 is 17.0 Å². The molecule has 2 aromatic rings. The van der Waals surface area contributed by atoms with E-state index < -0.39 is 31.1 Å². The highest BCUT2D eigenvalue weighted by Crippen LogP contribution is 2.34. The van der Waals surface area contributed by atoms with Crippen molar-refractivity contribution < 1.29 is 25.2 Å². The summed E-state index contributed by atoms with van der Waals surface area (Å²) in [5, 5.41) is 39.0. The molecule has 4 rings (SSSR count). The van der Waals surface area contributed by atoms with Gasteiger partial charge in [0.2, 0.25) is 0 Å². The monoisotopic (exact) mass is 351 g/mol. The molecule has 4 N–H and O–H groups in total. The quantitative estimate of drug-likeness (QED) is 0.513. The fourth-order valence-corrected chi connectivity index (χ4v) is 3.65. The first-order valence-electron chi connectivity index (χ1n) is 8.33. The van der Waals surface area contributed by atoms with E-state index in [2.05, 4.69) is 15.0 Å². The number of hydrogen-bond acceptors (Lipinski definition) is 9. The Morgan fingerprint density at radius 3 is 2.68 bits per heavy atom. The molecule has 0 bridgehead atoms. The van der Waals surface area contributed by atoms with Crippen LogP contribution in [0, 0.1) is 0 Å². The van der Waals surface area contributed by atoms with E-state index in [0.717, 1.165) is 19.4 Å². The molecule has 0 aliphatic carbocycles. The number of anilines is 1. The van der Waals surface area contributed by atoms with Crippen LogP contribution in [0.25, 0.3) is 11.2 Å². The Morgan fingerprint density at radius 1 is 1.12 bits per heavy atom. The maximum atomic E-state index is 10.2. The summed E-state index contributed by atoms with van der Waals surface area (Å²) in [6.07, 6.45) is 0.584. The van der Waals surface area contributed by atoms with Crippen molar-refractivity contribution in [2.75, 3.05) is 24.7 Å². The Morgan fingerprint density at radius 2 is 1.96 bits per heavy atom. The number of rotatable bonds is 4. The summed E-state index contributed by atoms with van der Waals surface area (Å²) in [4.78, 5) is 15.0. The summed E-state index contributed by atoms with van der Waals surface area (Å²) in [5.74, 6) is 0.632. The van der Waals surface area contributed by atoms with Crippen LogP contribution in [0.2, 0.25) is 0 Å². The Balaban J connectivity index is 1.72. The molecule has 0 amide bonds. The predicted molar refractivity (Wildman–Crippen MR) is 85.8 cm³/mol. The minimum Gasteiger partial charge on any atom is -0.394 e. The second-order valence-corrected chi connectivity index (χ2v) is 6.42. The average Bonchev–Trinajstić information content (AvgIpc) is 3.33. The second-order valence-electron chi connectivity index (χ2n) is 6.42. The Kier molecular flexibility index (Phi) is 4.29. The zero-order chi connectivity index (χ0) is 17.6. The van der Waals surface area contributed by atoms with E-state index >= 15 is 0 Å². The lowest BCUT2D eigenvalue weighted by Crippen LogP contribution is -2.33. The second kappa shape index (κ2) is 6.46. The lowest BCUT2D eigenvalue weighted by Gasteiger charge is -2.24. The molecule has 2 aromatic heterocycles. The molecular formula is C15H21N5O5. The summed E-state index contributed by atoms with van der Waals surface area (Å²) in [6, 6.07) is -0.00263. The van der Waals surface area contributed by atoms with Crippen molar-refractivity contribution in [2.45, 2.75) is 43.4 Å². The largest absolute Gasteiger partial charge is 0.394 e. The zero-order valence-corrected chi connectivity index (χ0v) is 13.5. The lowest BCUT2D eigenvalue weighted by molar-refractivity contribution is -0.0511. The van der Waals surface area contributed by atoms with Gasteiger partial charge in [-0.25, -0.2) is 15.0 Å². The predicted octanol–water partition coefficient (Wildman–Crippen LogP) is -1.60. The van der Waals surface area contributed by atoms with Gasteiger partial charge < -0.3 is 30.1 Å². The van der Waals surface area contributed by atoms with Gasteiger partial charge >= 0.3 is 0 Å². The van der Waals surface area contributed by atoms with Gasteiger partial charge in [-0.05, 0) is 12.8 Å². The minimum absolute atomic E-state index is 0.00263. The van der Waals surface area contributed by atoms with Crippen LogP contribution in [0.4, 0.5) is 5.82 Å². The molecule has 0 aromatic carbocycles. The van der Waals surface area contributed by atoms with Gasteiger partial charge in [-0.1, -0.05) is 0 Å². The van der Waals surface area contributed by atoms with E-state index in [1.807, 2.05) is 4.90 Å². The van der Waals surface area contributed by atoms with E-state index in [-0.39, 0.29) is 12.6 Å². The van der Waals surface area contributed by atoms with Crippen LogP contribution in [0.3, 0.4) is 0 Å². The molecule has 0 spiro atoms. The van der Waals surface area contributed by atoms with Gasteiger partial charge in [0, 0.05) is 6.54 Å². The van der Waals surface area contributed by atoms with E-state index in [0.29, 0.717) is 17.0 Å². The molecule has 10 nitrogen and oxygen atoms in total. The number of nitrogens with zero attached hydrogens (tertiary/aromatic N) is 5. The summed E-state index contributed by atoms with van der Waals surface area (Å²) >= 11 is 0. The van der Waals surface area contributed by atoms with Gasteiger partial charge in [0.25, 0.3) is 0 Å². The first kappa shape index (κ1) is 16.6.